The number of aromatic nitrogens is 5. The van der Waals surface area contributed by atoms with Gasteiger partial charge in [0.25, 0.3) is 0 Å². The highest BCUT2D eigenvalue weighted by Crippen LogP contribution is 2.28. The van der Waals surface area contributed by atoms with E-state index in [1.165, 1.54) is 11.5 Å². The molecule has 0 saturated carbocycles. The minimum Gasteiger partial charge on any atom is -0.497 e. The van der Waals surface area contributed by atoms with E-state index in [0.717, 1.165) is 59.4 Å². The number of nitrogens with one attached hydrogen (secondary N) is 1. The second-order valence-electron chi connectivity index (χ2n) is 7.39. The molecule has 0 atom stereocenters. The molecule has 0 amide bonds. The van der Waals surface area contributed by atoms with Crippen molar-refractivity contribution in [3.63, 3.8) is 0 Å². The monoisotopic (exact) mass is 421 g/mol. The third-order valence-electron chi connectivity index (χ3n) is 5.36. The van der Waals surface area contributed by atoms with Gasteiger partial charge in [0, 0.05) is 42.4 Å². The van der Waals surface area contributed by atoms with Crippen molar-refractivity contribution in [2.24, 2.45) is 0 Å². The van der Waals surface area contributed by atoms with Gasteiger partial charge in [-0.15, -0.1) is 5.10 Å². The standard InChI is InChI=1S/C21H23N7OS/c1-14-22-21(30-26-14)27-11-8-16(9-12-27)23-20-24-19-18(7-4-10-28(19)25-20)15-5-3-6-17(13-15)29-2/h3-7,10,13,16H,8-9,11-12H2,1-2H3,(H,23,25). The second kappa shape index (κ2) is 7.91. The molecule has 0 bridgehead atoms. The molecule has 154 valence electrons. The lowest BCUT2D eigenvalue weighted by molar-refractivity contribution is 0.415. The topological polar surface area (TPSA) is 80.5 Å². The average Bonchev–Trinajstić information content (AvgIpc) is 3.39. The molecule has 30 heavy (non-hydrogen) atoms. The first-order valence-electron chi connectivity index (χ1n) is 10.0. The van der Waals surface area contributed by atoms with Gasteiger partial charge in [0.2, 0.25) is 11.1 Å². The van der Waals surface area contributed by atoms with Gasteiger partial charge in [-0.1, -0.05) is 12.1 Å². The Bertz CT molecular complexity index is 1160. The summed E-state index contributed by atoms with van der Waals surface area (Å²) < 4.78 is 11.5. The van der Waals surface area contributed by atoms with Crippen LogP contribution in [-0.2, 0) is 0 Å². The molecular weight excluding hydrogens is 398 g/mol. The first-order chi connectivity index (χ1) is 14.7. The second-order valence-corrected chi connectivity index (χ2v) is 8.12. The smallest absolute Gasteiger partial charge is 0.243 e. The van der Waals surface area contributed by atoms with E-state index in [1.807, 2.05) is 41.9 Å². The minimum absolute atomic E-state index is 0.341. The fourth-order valence-corrected chi connectivity index (χ4v) is 4.52. The third-order valence-corrected chi connectivity index (χ3v) is 6.23. The predicted molar refractivity (Wildman–Crippen MR) is 118 cm³/mol. The van der Waals surface area contributed by atoms with Crippen LogP contribution >= 0.6 is 11.5 Å². The Kier molecular flexibility index (Phi) is 4.96. The molecule has 0 spiro atoms. The van der Waals surface area contributed by atoms with Crippen molar-refractivity contribution in [2.75, 3.05) is 30.4 Å². The number of rotatable bonds is 5. The van der Waals surface area contributed by atoms with Gasteiger partial charge < -0.3 is 15.0 Å². The van der Waals surface area contributed by atoms with Crippen LogP contribution in [0.25, 0.3) is 16.8 Å². The van der Waals surface area contributed by atoms with E-state index >= 15 is 0 Å². The Hall–Kier alpha value is -3.20. The van der Waals surface area contributed by atoms with Crippen LogP contribution in [0.2, 0.25) is 0 Å². The lowest BCUT2D eigenvalue weighted by atomic mass is 10.1. The van der Waals surface area contributed by atoms with Crippen LogP contribution in [-0.4, -0.2) is 50.2 Å². The van der Waals surface area contributed by atoms with Crippen LogP contribution in [0.15, 0.2) is 42.6 Å². The lowest BCUT2D eigenvalue weighted by Gasteiger charge is -2.31. The van der Waals surface area contributed by atoms with E-state index in [2.05, 4.69) is 36.8 Å². The van der Waals surface area contributed by atoms with E-state index in [9.17, 15) is 0 Å². The summed E-state index contributed by atoms with van der Waals surface area (Å²) in [7, 11) is 1.68. The Morgan fingerprint density at radius 2 is 2.00 bits per heavy atom. The SMILES string of the molecule is COc1cccc(-c2cccn3nc(NC4CCN(c5nc(C)ns5)CC4)nc23)c1. The van der Waals surface area contributed by atoms with Crippen LogP contribution in [0, 0.1) is 6.92 Å². The first-order valence-corrected chi connectivity index (χ1v) is 10.8. The van der Waals surface area contributed by atoms with Crippen LogP contribution in [0.5, 0.6) is 5.75 Å². The van der Waals surface area contributed by atoms with Gasteiger partial charge >= 0.3 is 0 Å². The van der Waals surface area contributed by atoms with Gasteiger partial charge in [-0.25, -0.2) is 9.50 Å². The molecule has 1 aliphatic heterocycles. The Morgan fingerprint density at radius 3 is 2.77 bits per heavy atom. The molecular formula is C21H23N7OS. The molecule has 9 heteroatoms. The van der Waals surface area contributed by atoms with E-state index in [0.29, 0.717) is 12.0 Å². The Morgan fingerprint density at radius 1 is 1.13 bits per heavy atom. The Balaban J connectivity index is 1.32. The number of hydrogen-bond donors (Lipinski definition) is 1. The highest BCUT2D eigenvalue weighted by atomic mass is 32.1. The summed E-state index contributed by atoms with van der Waals surface area (Å²) in [6.45, 7) is 3.84. The Labute approximate surface area is 178 Å². The van der Waals surface area contributed by atoms with Crippen molar-refractivity contribution in [3.8, 4) is 16.9 Å². The highest BCUT2D eigenvalue weighted by Gasteiger charge is 2.22. The number of methoxy groups -OCH3 is 1. The molecule has 1 aliphatic rings. The maximum atomic E-state index is 5.37. The normalized spacial score (nSPS) is 14.9. The number of fused-ring (bicyclic) bond motifs is 1. The average molecular weight is 422 g/mol. The maximum Gasteiger partial charge on any atom is 0.243 e. The zero-order chi connectivity index (χ0) is 20.5. The predicted octanol–water partition coefficient (Wildman–Crippen LogP) is 3.65. The van der Waals surface area contributed by atoms with Crippen LogP contribution in [0.4, 0.5) is 11.1 Å². The van der Waals surface area contributed by atoms with Gasteiger partial charge in [0.1, 0.15) is 11.6 Å². The first kappa shape index (κ1) is 18.8. The van der Waals surface area contributed by atoms with Crippen molar-refractivity contribution >= 4 is 28.3 Å². The largest absolute Gasteiger partial charge is 0.497 e. The van der Waals surface area contributed by atoms with Crippen LogP contribution in [0.3, 0.4) is 0 Å². The number of benzene rings is 1. The molecule has 1 aromatic carbocycles. The summed E-state index contributed by atoms with van der Waals surface area (Å²) in [4.78, 5) is 11.6. The molecule has 4 heterocycles. The summed E-state index contributed by atoms with van der Waals surface area (Å²) in [5.74, 6) is 2.33. The molecule has 5 rings (SSSR count). The quantitative estimate of drug-likeness (QED) is 0.527. The molecule has 4 aromatic rings. The zero-order valence-electron chi connectivity index (χ0n) is 16.9. The van der Waals surface area contributed by atoms with E-state index < -0.39 is 0 Å². The van der Waals surface area contributed by atoms with Crippen molar-refractivity contribution in [1.82, 2.24) is 24.0 Å². The van der Waals surface area contributed by atoms with Crippen molar-refractivity contribution in [1.29, 1.82) is 0 Å². The summed E-state index contributed by atoms with van der Waals surface area (Å²) in [6, 6.07) is 12.4. The third kappa shape index (κ3) is 3.68. The van der Waals surface area contributed by atoms with Crippen LogP contribution in [0.1, 0.15) is 18.7 Å². The lowest BCUT2D eigenvalue weighted by Crippen LogP contribution is -2.39. The van der Waals surface area contributed by atoms with E-state index in [4.69, 9.17) is 9.72 Å². The van der Waals surface area contributed by atoms with Crippen molar-refractivity contribution < 1.29 is 4.74 Å². The molecule has 0 unspecified atom stereocenters. The number of nitrogens with zero attached hydrogens (tertiary/aromatic N) is 6. The molecule has 3 aromatic heterocycles. The van der Waals surface area contributed by atoms with Gasteiger partial charge in [0.05, 0.1) is 7.11 Å². The number of aryl methyl sites for hydroxylation is 1. The molecule has 8 nitrogen and oxygen atoms in total. The molecule has 1 N–H and O–H groups in total. The molecule has 0 aliphatic carbocycles. The summed E-state index contributed by atoms with van der Waals surface area (Å²) in [5.41, 5.74) is 2.91. The van der Waals surface area contributed by atoms with E-state index in [1.54, 1.807) is 7.11 Å². The number of anilines is 2. The highest BCUT2D eigenvalue weighted by molar-refractivity contribution is 7.09. The number of ether oxygens (including phenoxy) is 1. The van der Waals surface area contributed by atoms with Gasteiger partial charge in [-0.05, 0) is 49.6 Å². The number of pyridine rings is 1. The van der Waals surface area contributed by atoms with E-state index in [-0.39, 0.29) is 0 Å². The molecule has 0 radical (unpaired) electrons. The minimum atomic E-state index is 0.341. The van der Waals surface area contributed by atoms with Crippen LogP contribution < -0.4 is 15.0 Å². The van der Waals surface area contributed by atoms with Crippen molar-refractivity contribution in [2.45, 2.75) is 25.8 Å². The fraction of sp³-hybridized carbons (Fsp3) is 0.333. The van der Waals surface area contributed by atoms with Crippen molar-refractivity contribution in [3.05, 3.63) is 48.4 Å². The maximum absolute atomic E-state index is 5.37. The summed E-state index contributed by atoms with van der Waals surface area (Å²) in [6.07, 6.45) is 3.95. The van der Waals surface area contributed by atoms with Gasteiger partial charge in [-0.3, -0.25) is 0 Å². The fourth-order valence-electron chi connectivity index (χ4n) is 3.80. The summed E-state index contributed by atoms with van der Waals surface area (Å²) in [5, 5.41) is 9.18. The molecule has 1 fully saturated rings. The summed E-state index contributed by atoms with van der Waals surface area (Å²) >= 11 is 1.47. The molecule has 1 saturated heterocycles. The van der Waals surface area contributed by atoms with Gasteiger partial charge in [0.15, 0.2) is 5.65 Å². The van der Waals surface area contributed by atoms with Gasteiger partial charge in [-0.2, -0.15) is 9.36 Å². The zero-order valence-corrected chi connectivity index (χ0v) is 17.8. The number of hydrogen-bond acceptors (Lipinski definition) is 8. The number of piperidine rings is 1.